The zero-order valence-electron chi connectivity index (χ0n) is 9.57. The zero-order chi connectivity index (χ0) is 11.3. The van der Waals surface area contributed by atoms with Crippen molar-refractivity contribution in [1.29, 1.82) is 0 Å². The molecule has 2 aliphatic rings. The number of hydrogen-bond donors (Lipinski definition) is 1. The molecule has 3 nitrogen and oxygen atoms in total. The lowest BCUT2D eigenvalue weighted by molar-refractivity contribution is -0.103. The van der Waals surface area contributed by atoms with Crippen LogP contribution in [0.1, 0.15) is 19.8 Å². The van der Waals surface area contributed by atoms with Crippen LogP contribution >= 0.6 is 0 Å². The molecule has 2 unspecified atom stereocenters. The molecule has 0 radical (unpaired) electrons. The highest BCUT2D eigenvalue weighted by Crippen LogP contribution is 2.27. The molecule has 1 N–H and O–H groups in total. The SMILES string of the molecule is C#CC=O.CCC1C2C[C@H](CN2)CN1C. The predicted molar refractivity (Wildman–Crippen MR) is 61.5 cm³/mol. The lowest BCUT2D eigenvalue weighted by Crippen LogP contribution is -2.48. The van der Waals surface area contributed by atoms with Crippen LogP contribution in [-0.2, 0) is 4.79 Å². The maximum Gasteiger partial charge on any atom is 0.192 e. The molecule has 2 fully saturated rings. The summed E-state index contributed by atoms with van der Waals surface area (Å²) < 4.78 is 0. The molecule has 0 saturated carbocycles. The number of carbonyl (C=O) groups is 1. The van der Waals surface area contributed by atoms with Gasteiger partial charge >= 0.3 is 0 Å². The quantitative estimate of drug-likeness (QED) is 0.503. The first-order valence-corrected chi connectivity index (χ1v) is 5.56. The van der Waals surface area contributed by atoms with Gasteiger partial charge in [-0.2, -0.15) is 0 Å². The summed E-state index contributed by atoms with van der Waals surface area (Å²) in [7, 11) is 2.26. The van der Waals surface area contributed by atoms with Gasteiger partial charge < -0.3 is 10.2 Å². The van der Waals surface area contributed by atoms with E-state index >= 15 is 0 Å². The number of carbonyl (C=O) groups excluding carboxylic acids is 1. The first kappa shape index (κ1) is 12.2. The number of nitrogens with one attached hydrogen (secondary N) is 1. The Kier molecular flexibility index (Phi) is 4.80. The summed E-state index contributed by atoms with van der Waals surface area (Å²) in [6.07, 6.45) is 7.52. The third-order valence-corrected chi connectivity index (χ3v) is 3.32. The lowest BCUT2D eigenvalue weighted by Gasteiger charge is -2.36. The van der Waals surface area contributed by atoms with Gasteiger partial charge in [0, 0.05) is 18.6 Å². The Morgan fingerprint density at radius 1 is 1.67 bits per heavy atom. The number of hydrogen-bond acceptors (Lipinski definition) is 3. The van der Waals surface area contributed by atoms with E-state index in [1.165, 1.54) is 25.9 Å². The minimum absolute atomic E-state index is 0.403. The van der Waals surface area contributed by atoms with Crippen LogP contribution in [0.15, 0.2) is 0 Å². The summed E-state index contributed by atoms with van der Waals surface area (Å²) in [6.45, 7) is 4.86. The zero-order valence-corrected chi connectivity index (χ0v) is 9.57. The molecule has 0 aromatic carbocycles. The van der Waals surface area contributed by atoms with Crippen LogP contribution in [0.2, 0.25) is 0 Å². The molecular formula is C12H20N2O. The average molecular weight is 208 g/mol. The minimum Gasteiger partial charge on any atom is -0.312 e. The van der Waals surface area contributed by atoms with E-state index in [1.54, 1.807) is 5.92 Å². The fourth-order valence-electron chi connectivity index (χ4n) is 2.72. The van der Waals surface area contributed by atoms with E-state index in [0.29, 0.717) is 6.29 Å². The van der Waals surface area contributed by atoms with Crippen molar-refractivity contribution in [2.45, 2.75) is 31.8 Å². The van der Waals surface area contributed by atoms with Crippen molar-refractivity contribution in [2.24, 2.45) is 5.92 Å². The summed E-state index contributed by atoms with van der Waals surface area (Å²) in [6, 6.07) is 1.59. The number of terminal acetylenes is 1. The molecule has 3 heteroatoms. The highest BCUT2D eigenvalue weighted by Gasteiger charge is 2.37. The highest BCUT2D eigenvalue weighted by atomic mass is 16.1. The molecule has 84 valence electrons. The number of nitrogens with zero attached hydrogens (tertiary/aromatic N) is 1. The van der Waals surface area contributed by atoms with Gasteiger partial charge in [0.15, 0.2) is 6.29 Å². The maximum atomic E-state index is 8.94. The van der Waals surface area contributed by atoms with Crippen molar-refractivity contribution in [2.75, 3.05) is 20.1 Å². The fraction of sp³-hybridized carbons (Fsp3) is 0.750. The Balaban J connectivity index is 0.000000245. The van der Waals surface area contributed by atoms with Crippen molar-refractivity contribution >= 4 is 6.29 Å². The second-order valence-electron chi connectivity index (χ2n) is 4.32. The molecule has 2 aliphatic heterocycles. The van der Waals surface area contributed by atoms with Gasteiger partial charge in [0.25, 0.3) is 0 Å². The Morgan fingerprint density at radius 2 is 2.33 bits per heavy atom. The molecule has 0 amide bonds. The topological polar surface area (TPSA) is 32.3 Å². The molecule has 2 bridgehead atoms. The van der Waals surface area contributed by atoms with Crippen LogP contribution in [-0.4, -0.2) is 43.4 Å². The molecular weight excluding hydrogens is 188 g/mol. The number of aldehydes is 1. The van der Waals surface area contributed by atoms with Crippen molar-refractivity contribution in [3.63, 3.8) is 0 Å². The van der Waals surface area contributed by atoms with Crippen LogP contribution < -0.4 is 5.32 Å². The van der Waals surface area contributed by atoms with Gasteiger partial charge in [-0.05, 0) is 38.3 Å². The van der Waals surface area contributed by atoms with E-state index in [0.717, 1.165) is 18.0 Å². The number of fused-ring (bicyclic) bond motifs is 2. The Labute approximate surface area is 92.2 Å². The summed E-state index contributed by atoms with van der Waals surface area (Å²) in [4.78, 5) is 11.5. The number of likely N-dealkylation sites (tertiary alicyclic amines) is 1. The van der Waals surface area contributed by atoms with Gasteiger partial charge in [-0.1, -0.05) is 6.92 Å². The standard InChI is InChI=1S/C9H18N2.C3H2O/c1-3-9-8-4-7(5-10-8)6-11(9)2;1-2-3-4/h7-10H,3-6H2,1-2H3;1,3H/t7-,8?,9?;/m1./s1. The van der Waals surface area contributed by atoms with Gasteiger partial charge in [-0.25, -0.2) is 0 Å². The van der Waals surface area contributed by atoms with E-state index in [9.17, 15) is 0 Å². The van der Waals surface area contributed by atoms with Gasteiger partial charge in [0.05, 0.1) is 0 Å². The van der Waals surface area contributed by atoms with Gasteiger partial charge in [0.2, 0.25) is 0 Å². The minimum atomic E-state index is 0.403. The third-order valence-electron chi connectivity index (χ3n) is 3.32. The Morgan fingerprint density at radius 3 is 2.87 bits per heavy atom. The molecule has 2 heterocycles. The van der Waals surface area contributed by atoms with E-state index in [1.807, 2.05) is 0 Å². The molecule has 0 aliphatic carbocycles. The largest absolute Gasteiger partial charge is 0.312 e. The maximum absolute atomic E-state index is 8.94. The monoisotopic (exact) mass is 208 g/mol. The van der Waals surface area contributed by atoms with Crippen LogP contribution in [0.4, 0.5) is 0 Å². The smallest absolute Gasteiger partial charge is 0.192 e. The van der Waals surface area contributed by atoms with Gasteiger partial charge in [0.1, 0.15) is 0 Å². The predicted octanol–water partition coefficient (Wildman–Crippen LogP) is 0.507. The first-order chi connectivity index (χ1) is 7.22. The van der Waals surface area contributed by atoms with E-state index in [4.69, 9.17) is 4.79 Å². The second kappa shape index (κ2) is 5.89. The fourth-order valence-corrected chi connectivity index (χ4v) is 2.72. The summed E-state index contributed by atoms with van der Waals surface area (Å²) in [5.41, 5.74) is 0. The molecule has 0 aromatic rings. The molecule has 15 heavy (non-hydrogen) atoms. The Hall–Kier alpha value is -0.850. The van der Waals surface area contributed by atoms with Crippen LogP contribution in [0, 0.1) is 18.3 Å². The van der Waals surface area contributed by atoms with Crippen molar-refractivity contribution in [3.05, 3.63) is 0 Å². The average Bonchev–Trinajstić information content (AvgIpc) is 2.62. The molecule has 0 spiro atoms. The van der Waals surface area contributed by atoms with E-state index in [-0.39, 0.29) is 0 Å². The third kappa shape index (κ3) is 3.05. The van der Waals surface area contributed by atoms with Gasteiger partial charge in [-0.3, -0.25) is 4.79 Å². The number of piperidine rings is 1. The summed E-state index contributed by atoms with van der Waals surface area (Å²) in [5.74, 6) is 2.69. The Bertz CT molecular complexity index is 246. The summed E-state index contributed by atoms with van der Waals surface area (Å²) >= 11 is 0. The van der Waals surface area contributed by atoms with Gasteiger partial charge in [-0.15, -0.1) is 6.42 Å². The second-order valence-corrected chi connectivity index (χ2v) is 4.32. The molecule has 2 rings (SSSR count). The molecule has 0 aromatic heterocycles. The highest BCUT2D eigenvalue weighted by molar-refractivity contribution is 5.71. The van der Waals surface area contributed by atoms with Crippen LogP contribution in [0.3, 0.4) is 0 Å². The van der Waals surface area contributed by atoms with E-state index < -0.39 is 0 Å². The van der Waals surface area contributed by atoms with Crippen molar-refractivity contribution in [3.8, 4) is 12.3 Å². The summed E-state index contributed by atoms with van der Waals surface area (Å²) in [5, 5.41) is 3.61. The molecule has 3 atom stereocenters. The van der Waals surface area contributed by atoms with Crippen LogP contribution in [0.25, 0.3) is 0 Å². The van der Waals surface area contributed by atoms with Crippen LogP contribution in [0.5, 0.6) is 0 Å². The first-order valence-electron chi connectivity index (χ1n) is 5.56. The van der Waals surface area contributed by atoms with E-state index in [2.05, 4.69) is 30.6 Å². The van der Waals surface area contributed by atoms with Crippen molar-refractivity contribution in [1.82, 2.24) is 10.2 Å². The molecule has 2 saturated heterocycles. The number of likely N-dealkylation sites (N-methyl/N-ethyl adjacent to an activating group) is 1. The number of rotatable bonds is 1. The normalized spacial score (nSPS) is 33.8. The lowest BCUT2D eigenvalue weighted by atomic mass is 9.92. The van der Waals surface area contributed by atoms with Crippen molar-refractivity contribution < 1.29 is 4.79 Å².